The van der Waals surface area contributed by atoms with Crippen molar-refractivity contribution in [3.63, 3.8) is 0 Å². The Morgan fingerprint density at radius 2 is 1.71 bits per heavy atom. The number of rotatable bonds is 6. The zero-order valence-electron chi connectivity index (χ0n) is 17.7. The van der Waals surface area contributed by atoms with E-state index < -0.39 is 38.3 Å². The third-order valence-corrected chi connectivity index (χ3v) is 7.73. The Balaban J connectivity index is 1.88. The number of sulfonamides is 1. The summed E-state index contributed by atoms with van der Waals surface area (Å²) in [6.07, 6.45) is -3.31. The lowest BCUT2D eigenvalue weighted by atomic mass is 10.1. The largest absolute Gasteiger partial charge is 0.465 e. The van der Waals surface area contributed by atoms with E-state index in [0.29, 0.717) is 30.7 Å². The van der Waals surface area contributed by atoms with Crippen molar-refractivity contribution < 1.29 is 31.1 Å². The average Bonchev–Trinajstić information content (AvgIpc) is 3.61. The third-order valence-electron chi connectivity index (χ3n) is 5.58. The molecule has 0 aliphatic heterocycles. The summed E-state index contributed by atoms with van der Waals surface area (Å²) in [5.74, 6) is -0.954. The number of pyridine rings is 1. The molecular weight excluding hydrogens is 493 g/mol. The molecule has 178 valence electrons. The first-order valence-corrected chi connectivity index (χ1v) is 11.8. The summed E-state index contributed by atoms with van der Waals surface area (Å²) < 4.78 is 72.9. The van der Waals surface area contributed by atoms with Gasteiger partial charge in [0.1, 0.15) is 0 Å². The highest BCUT2D eigenvalue weighted by molar-refractivity contribution is 7.93. The summed E-state index contributed by atoms with van der Waals surface area (Å²) in [5.41, 5.74) is -1.37. The van der Waals surface area contributed by atoms with Gasteiger partial charge in [0.05, 0.1) is 33.7 Å². The molecule has 6 nitrogen and oxygen atoms in total. The van der Waals surface area contributed by atoms with Crippen molar-refractivity contribution in [1.82, 2.24) is 4.98 Å². The maximum atomic E-state index is 13.9. The van der Waals surface area contributed by atoms with E-state index >= 15 is 0 Å². The van der Waals surface area contributed by atoms with Gasteiger partial charge in [-0.1, -0.05) is 41.9 Å². The Morgan fingerprint density at radius 1 is 1.09 bits per heavy atom. The minimum atomic E-state index is -4.70. The molecule has 0 bridgehead atoms. The van der Waals surface area contributed by atoms with Crippen LogP contribution in [0.4, 0.5) is 19.0 Å². The zero-order valence-corrected chi connectivity index (χ0v) is 19.3. The molecule has 1 aromatic heterocycles. The topological polar surface area (TPSA) is 76.6 Å². The summed E-state index contributed by atoms with van der Waals surface area (Å²) in [4.78, 5) is 15.4. The maximum Gasteiger partial charge on any atom is 0.417 e. The van der Waals surface area contributed by atoms with Gasteiger partial charge in [-0.05, 0) is 48.7 Å². The van der Waals surface area contributed by atoms with Crippen LogP contribution in [-0.4, -0.2) is 26.5 Å². The molecule has 1 aliphatic rings. The van der Waals surface area contributed by atoms with Crippen molar-refractivity contribution in [1.29, 1.82) is 0 Å². The van der Waals surface area contributed by atoms with Gasteiger partial charge in [-0.3, -0.25) is 0 Å². The quantitative estimate of drug-likeness (QED) is 0.414. The van der Waals surface area contributed by atoms with Crippen molar-refractivity contribution in [2.45, 2.75) is 29.5 Å². The molecule has 1 fully saturated rings. The molecule has 0 amide bonds. The van der Waals surface area contributed by atoms with E-state index in [1.54, 1.807) is 30.3 Å². The van der Waals surface area contributed by atoms with Crippen LogP contribution in [0.25, 0.3) is 0 Å². The Bertz CT molecular complexity index is 1330. The van der Waals surface area contributed by atoms with Gasteiger partial charge in [0.15, 0.2) is 5.82 Å². The number of carbonyl (C=O) groups excluding carboxylic acids is 1. The maximum absolute atomic E-state index is 13.9. The fourth-order valence-electron chi connectivity index (χ4n) is 3.74. The van der Waals surface area contributed by atoms with Gasteiger partial charge in [0.2, 0.25) is 0 Å². The van der Waals surface area contributed by atoms with Gasteiger partial charge in [-0.15, -0.1) is 0 Å². The molecule has 1 heterocycles. The van der Waals surface area contributed by atoms with Crippen LogP contribution in [0.3, 0.4) is 0 Å². The average molecular weight is 511 g/mol. The van der Waals surface area contributed by atoms with Crippen LogP contribution in [-0.2, 0) is 26.5 Å². The number of hydrogen-bond donors (Lipinski definition) is 0. The molecule has 0 radical (unpaired) electrons. The number of esters is 1. The van der Waals surface area contributed by atoms with Crippen molar-refractivity contribution in [2.75, 3.05) is 11.4 Å². The second kappa shape index (κ2) is 8.59. The number of anilines is 1. The number of alkyl halides is 3. The number of halogens is 4. The zero-order chi connectivity index (χ0) is 24.7. The first kappa shape index (κ1) is 24.0. The molecule has 0 atom stereocenters. The van der Waals surface area contributed by atoms with Crippen LogP contribution in [0.2, 0.25) is 5.02 Å². The first-order chi connectivity index (χ1) is 16.0. The van der Waals surface area contributed by atoms with Gasteiger partial charge in [0, 0.05) is 6.20 Å². The third kappa shape index (κ3) is 4.23. The number of nitrogens with zero attached hydrogens (tertiary/aromatic N) is 2. The fraction of sp³-hybridized carbons (Fsp3) is 0.217. The summed E-state index contributed by atoms with van der Waals surface area (Å²) in [5, 5.41) is -0.452. The van der Waals surface area contributed by atoms with Gasteiger partial charge in [-0.25, -0.2) is 22.5 Å². The number of methoxy groups -OCH3 is 1. The lowest BCUT2D eigenvalue weighted by Gasteiger charge is -2.33. The standard InChI is InChI=1S/C23H18ClF3N2O4S/c1-33-21(30)15-7-9-18(10-8-15)34(31,32)29(22(11-12-22)16-5-3-2-4-6-16)20-19(24)13-17(14-28-20)23(25,26)27/h2-10,13-14H,11-12H2,1H3. The van der Waals surface area contributed by atoms with E-state index in [4.69, 9.17) is 11.6 Å². The van der Waals surface area contributed by atoms with Gasteiger partial charge < -0.3 is 4.74 Å². The molecule has 0 N–H and O–H groups in total. The molecule has 34 heavy (non-hydrogen) atoms. The molecule has 1 saturated carbocycles. The SMILES string of the molecule is COC(=O)c1ccc(S(=O)(=O)N(c2ncc(C(F)(F)F)cc2Cl)C2(c3ccccc3)CC2)cc1. The van der Waals surface area contributed by atoms with Crippen LogP contribution in [0.1, 0.15) is 34.3 Å². The number of benzene rings is 2. The molecule has 4 rings (SSSR count). The monoisotopic (exact) mass is 510 g/mol. The van der Waals surface area contributed by atoms with E-state index in [1.165, 1.54) is 31.4 Å². The minimum Gasteiger partial charge on any atom is -0.465 e. The second-order valence-electron chi connectivity index (χ2n) is 7.71. The van der Waals surface area contributed by atoms with E-state index in [2.05, 4.69) is 9.72 Å². The smallest absolute Gasteiger partial charge is 0.417 e. The van der Waals surface area contributed by atoms with E-state index in [0.717, 1.165) is 4.31 Å². The van der Waals surface area contributed by atoms with E-state index in [9.17, 15) is 26.4 Å². The highest BCUT2D eigenvalue weighted by Gasteiger charge is 2.56. The molecule has 1 aliphatic carbocycles. The predicted molar refractivity (Wildman–Crippen MR) is 119 cm³/mol. The van der Waals surface area contributed by atoms with E-state index in [1.807, 2.05) is 0 Å². The predicted octanol–water partition coefficient (Wildman–Crippen LogP) is 5.43. The molecule has 0 unspecified atom stereocenters. The lowest BCUT2D eigenvalue weighted by Crippen LogP contribution is -2.41. The van der Waals surface area contributed by atoms with Crippen molar-refractivity contribution in [2.24, 2.45) is 0 Å². The summed E-state index contributed by atoms with van der Waals surface area (Å²) in [7, 11) is -3.17. The molecule has 3 aromatic rings. The van der Waals surface area contributed by atoms with Crippen LogP contribution >= 0.6 is 11.6 Å². The van der Waals surface area contributed by atoms with Gasteiger partial charge in [0.25, 0.3) is 10.0 Å². The number of carbonyl (C=O) groups is 1. The van der Waals surface area contributed by atoms with Crippen LogP contribution in [0.5, 0.6) is 0 Å². The highest BCUT2D eigenvalue weighted by Crippen LogP contribution is 2.55. The molecular formula is C23H18ClF3N2O4S. The van der Waals surface area contributed by atoms with Crippen LogP contribution in [0, 0.1) is 0 Å². The van der Waals surface area contributed by atoms with Crippen molar-refractivity contribution in [3.05, 3.63) is 88.6 Å². The molecule has 0 saturated heterocycles. The van der Waals surface area contributed by atoms with E-state index in [-0.39, 0.29) is 16.3 Å². The van der Waals surface area contributed by atoms with Crippen LogP contribution in [0.15, 0.2) is 71.8 Å². The first-order valence-electron chi connectivity index (χ1n) is 10.0. The highest BCUT2D eigenvalue weighted by atomic mass is 35.5. The van der Waals surface area contributed by atoms with Crippen LogP contribution < -0.4 is 4.31 Å². The minimum absolute atomic E-state index is 0.142. The second-order valence-corrected chi connectivity index (χ2v) is 9.90. The summed E-state index contributed by atoms with van der Waals surface area (Å²) in [6, 6.07) is 14.5. The number of hydrogen-bond acceptors (Lipinski definition) is 5. The lowest BCUT2D eigenvalue weighted by molar-refractivity contribution is -0.137. The Morgan fingerprint density at radius 3 is 2.21 bits per heavy atom. The van der Waals surface area contributed by atoms with Crippen molar-refractivity contribution in [3.8, 4) is 0 Å². The molecule has 11 heteroatoms. The number of aromatic nitrogens is 1. The Labute approximate surface area is 199 Å². The number of ether oxygens (including phenoxy) is 1. The Kier molecular flexibility index (Phi) is 6.07. The fourth-order valence-corrected chi connectivity index (χ4v) is 5.86. The summed E-state index contributed by atoms with van der Waals surface area (Å²) >= 11 is 6.20. The van der Waals surface area contributed by atoms with Gasteiger partial charge >= 0.3 is 12.1 Å². The molecule has 2 aromatic carbocycles. The Hall–Kier alpha value is -3.11. The summed E-state index contributed by atoms with van der Waals surface area (Å²) in [6.45, 7) is 0. The normalized spacial score (nSPS) is 15.0. The molecule has 0 spiro atoms. The van der Waals surface area contributed by atoms with Gasteiger partial charge in [-0.2, -0.15) is 13.2 Å². The van der Waals surface area contributed by atoms with Crippen molar-refractivity contribution >= 4 is 33.4 Å².